The maximum Gasteiger partial charge on any atom is 0.454 e. The van der Waals surface area contributed by atoms with E-state index in [1.54, 1.807) is 12.1 Å². The first-order chi connectivity index (χ1) is 13.1. The van der Waals surface area contributed by atoms with Crippen LogP contribution in [-0.4, -0.2) is 22.4 Å². The number of fused-ring (bicyclic) bond motifs is 1. The van der Waals surface area contributed by atoms with Gasteiger partial charge in [-0.15, -0.1) is 0 Å². The van der Waals surface area contributed by atoms with Gasteiger partial charge in [0.15, 0.2) is 0 Å². The highest BCUT2D eigenvalue weighted by Crippen LogP contribution is 2.32. The summed E-state index contributed by atoms with van der Waals surface area (Å²) in [7, 11) is 0. The van der Waals surface area contributed by atoms with Crippen molar-refractivity contribution in [3.05, 3.63) is 63.8 Å². The zero-order chi connectivity index (χ0) is 20.6. The van der Waals surface area contributed by atoms with Crippen molar-refractivity contribution in [2.75, 3.05) is 5.32 Å². The monoisotopic (exact) mass is 428 g/mol. The minimum absolute atomic E-state index is 0.0581. The summed E-state index contributed by atoms with van der Waals surface area (Å²) in [5.74, 6) is -2.45. The van der Waals surface area contributed by atoms with E-state index in [0.717, 1.165) is 0 Å². The molecule has 0 saturated heterocycles. The summed E-state index contributed by atoms with van der Waals surface area (Å²) in [6.07, 6.45) is -5.01. The number of alkyl halides is 3. The van der Waals surface area contributed by atoms with Crippen molar-refractivity contribution in [1.82, 2.24) is 4.57 Å². The number of amides is 1. The lowest BCUT2D eigenvalue weighted by atomic mass is 10.1. The van der Waals surface area contributed by atoms with Gasteiger partial charge < -0.3 is 9.88 Å². The largest absolute Gasteiger partial charge is 0.454 e. The van der Waals surface area contributed by atoms with Crippen molar-refractivity contribution < 1.29 is 22.8 Å². The van der Waals surface area contributed by atoms with Gasteiger partial charge in [0.25, 0.3) is 5.78 Å². The molecule has 2 aromatic carbocycles. The van der Waals surface area contributed by atoms with Gasteiger partial charge in [-0.3, -0.25) is 9.59 Å². The van der Waals surface area contributed by atoms with Crippen LogP contribution in [0.3, 0.4) is 0 Å². The van der Waals surface area contributed by atoms with Crippen LogP contribution < -0.4 is 5.32 Å². The van der Waals surface area contributed by atoms with Gasteiger partial charge in [0.05, 0.1) is 5.56 Å². The van der Waals surface area contributed by atoms with E-state index in [1.165, 1.54) is 41.8 Å². The molecular weight excluding hydrogens is 416 g/mol. The molecule has 0 atom stereocenters. The first-order valence-corrected chi connectivity index (χ1v) is 8.79. The van der Waals surface area contributed by atoms with Gasteiger partial charge in [0.2, 0.25) is 5.91 Å². The Labute approximate surface area is 167 Å². The number of carbonyl (C=O) groups is 2. The van der Waals surface area contributed by atoms with Crippen LogP contribution in [0.15, 0.2) is 42.5 Å². The van der Waals surface area contributed by atoms with E-state index < -0.39 is 23.4 Å². The van der Waals surface area contributed by atoms with Gasteiger partial charge in [-0.25, -0.2) is 0 Å². The maximum absolute atomic E-state index is 13.0. The molecule has 0 saturated carbocycles. The second-order valence-corrected chi connectivity index (χ2v) is 6.97. The van der Waals surface area contributed by atoms with Crippen molar-refractivity contribution in [3.8, 4) is 0 Å². The molecule has 1 aromatic heterocycles. The minimum atomic E-state index is -5.01. The number of benzene rings is 2. The SMILES string of the molecule is Cc1c(C(=O)C(F)(F)F)c2ccccc2n1CC(=O)Nc1cc(Cl)cc(Cl)c1. The summed E-state index contributed by atoms with van der Waals surface area (Å²) in [6.45, 7) is 1.09. The van der Waals surface area contributed by atoms with Gasteiger partial charge in [-0.1, -0.05) is 41.4 Å². The van der Waals surface area contributed by atoms with E-state index in [2.05, 4.69) is 5.32 Å². The van der Waals surface area contributed by atoms with Crippen molar-refractivity contribution in [3.63, 3.8) is 0 Å². The quantitative estimate of drug-likeness (QED) is 0.546. The Balaban J connectivity index is 1.98. The van der Waals surface area contributed by atoms with Crippen LogP contribution in [0.25, 0.3) is 10.9 Å². The summed E-state index contributed by atoms with van der Waals surface area (Å²) in [4.78, 5) is 24.3. The number of para-hydroxylation sites is 1. The zero-order valence-corrected chi connectivity index (χ0v) is 15.9. The van der Waals surface area contributed by atoms with E-state index in [0.29, 0.717) is 21.2 Å². The van der Waals surface area contributed by atoms with E-state index >= 15 is 0 Å². The fourth-order valence-corrected chi connectivity index (χ4v) is 3.56. The summed E-state index contributed by atoms with van der Waals surface area (Å²) in [5, 5.41) is 3.38. The topological polar surface area (TPSA) is 51.1 Å². The summed E-state index contributed by atoms with van der Waals surface area (Å²) in [5.41, 5.74) is 0.305. The average molecular weight is 429 g/mol. The lowest BCUT2D eigenvalue weighted by Gasteiger charge is -2.11. The second-order valence-electron chi connectivity index (χ2n) is 6.10. The van der Waals surface area contributed by atoms with Crippen molar-refractivity contribution in [2.24, 2.45) is 0 Å². The molecule has 0 bridgehead atoms. The van der Waals surface area contributed by atoms with Gasteiger partial charge in [0.1, 0.15) is 6.54 Å². The number of nitrogens with one attached hydrogen (secondary N) is 1. The summed E-state index contributed by atoms with van der Waals surface area (Å²) in [6, 6.07) is 10.6. The van der Waals surface area contributed by atoms with Crippen LogP contribution in [0.5, 0.6) is 0 Å². The number of nitrogens with zero attached hydrogens (tertiary/aromatic N) is 1. The molecule has 1 N–H and O–H groups in total. The third-order valence-corrected chi connectivity index (χ3v) is 4.60. The van der Waals surface area contributed by atoms with E-state index in [1.807, 2.05) is 0 Å². The van der Waals surface area contributed by atoms with Crippen molar-refractivity contribution >= 4 is 51.5 Å². The Bertz CT molecular complexity index is 1070. The molecule has 0 aliphatic heterocycles. The van der Waals surface area contributed by atoms with Crippen LogP contribution in [0.4, 0.5) is 18.9 Å². The number of rotatable bonds is 4. The molecular formula is C19H13Cl2F3N2O2. The third-order valence-electron chi connectivity index (χ3n) is 4.16. The molecule has 0 unspecified atom stereocenters. The molecule has 3 rings (SSSR count). The lowest BCUT2D eigenvalue weighted by Crippen LogP contribution is -2.24. The number of carbonyl (C=O) groups excluding carboxylic acids is 2. The molecule has 0 aliphatic carbocycles. The predicted molar refractivity (Wildman–Crippen MR) is 102 cm³/mol. The highest BCUT2D eigenvalue weighted by molar-refractivity contribution is 6.35. The van der Waals surface area contributed by atoms with Gasteiger partial charge >= 0.3 is 6.18 Å². The molecule has 28 heavy (non-hydrogen) atoms. The van der Waals surface area contributed by atoms with Gasteiger partial charge in [0, 0.05) is 32.3 Å². The highest BCUT2D eigenvalue weighted by atomic mass is 35.5. The number of halogens is 5. The Morgan fingerprint density at radius 2 is 1.68 bits per heavy atom. The van der Waals surface area contributed by atoms with Crippen LogP contribution in [0.1, 0.15) is 16.1 Å². The smallest absolute Gasteiger partial charge is 0.335 e. The lowest BCUT2D eigenvalue weighted by molar-refractivity contribution is -0.116. The summed E-state index contributed by atoms with van der Waals surface area (Å²) < 4.78 is 40.4. The fraction of sp³-hybridized carbons (Fsp3) is 0.158. The Morgan fingerprint density at radius 3 is 2.29 bits per heavy atom. The number of Topliss-reactive ketones (excluding diaryl/α,β-unsaturated/α-hetero) is 1. The molecule has 146 valence electrons. The molecule has 0 spiro atoms. The maximum atomic E-state index is 13.0. The number of hydrogen-bond acceptors (Lipinski definition) is 2. The fourth-order valence-electron chi connectivity index (χ4n) is 3.03. The first-order valence-electron chi connectivity index (χ1n) is 8.03. The highest BCUT2D eigenvalue weighted by Gasteiger charge is 2.42. The predicted octanol–water partition coefficient (Wildman–Crippen LogP) is 5.64. The third kappa shape index (κ3) is 4.00. The standard InChI is InChI=1S/C19H13Cl2F3N2O2/c1-10-17(18(28)19(22,23)24)14-4-2-3-5-15(14)26(10)9-16(27)25-13-7-11(20)6-12(21)8-13/h2-8H,9H2,1H3,(H,25,27). The van der Waals surface area contributed by atoms with Crippen LogP contribution >= 0.6 is 23.2 Å². The number of anilines is 1. The minimum Gasteiger partial charge on any atom is -0.335 e. The number of hydrogen-bond donors (Lipinski definition) is 1. The molecule has 9 heteroatoms. The Kier molecular flexibility index (Phi) is 5.41. The normalized spacial score (nSPS) is 11.6. The molecule has 0 aliphatic rings. The summed E-state index contributed by atoms with van der Waals surface area (Å²) >= 11 is 11.8. The first kappa shape index (κ1) is 20.2. The van der Waals surface area contributed by atoms with Gasteiger partial charge in [-0.05, 0) is 31.2 Å². The second kappa shape index (κ2) is 7.48. The van der Waals surface area contributed by atoms with E-state index in [9.17, 15) is 22.8 Å². The number of aromatic nitrogens is 1. The molecule has 1 heterocycles. The molecule has 4 nitrogen and oxygen atoms in total. The molecule has 1 amide bonds. The van der Waals surface area contributed by atoms with Crippen LogP contribution in [0, 0.1) is 6.92 Å². The zero-order valence-electron chi connectivity index (χ0n) is 14.4. The number of ketones is 1. The van der Waals surface area contributed by atoms with Crippen LogP contribution in [-0.2, 0) is 11.3 Å². The molecule has 3 aromatic rings. The van der Waals surface area contributed by atoms with E-state index in [4.69, 9.17) is 23.2 Å². The Morgan fingerprint density at radius 1 is 1.07 bits per heavy atom. The molecule has 0 radical (unpaired) electrons. The Hall–Kier alpha value is -2.51. The van der Waals surface area contributed by atoms with Crippen LogP contribution in [0.2, 0.25) is 10.0 Å². The van der Waals surface area contributed by atoms with Crippen molar-refractivity contribution in [1.29, 1.82) is 0 Å². The van der Waals surface area contributed by atoms with E-state index in [-0.39, 0.29) is 17.6 Å². The van der Waals surface area contributed by atoms with Crippen molar-refractivity contribution in [2.45, 2.75) is 19.6 Å². The van der Waals surface area contributed by atoms with Gasteiger partial charge in [-0.2, -0.15) is 13.2 Å². The average Bonchev–Trinajstić information content (AvgIpc) is 2.84. The molecule has 0 fully saturated rings.